The summed E-state index contributed by atoms with van der Waals surface area (Å²) in [6, 6.07) is 8.12. The van der Waals surface area contributed by atoms with Crippen LogP contribution in [0.1, 0.15) is 25.3 Å². The molecule has 1 N–H and O–H groups in total. The molecule has 0 spiro atoms. The summed E-state index contributed by atoms with van der Waals surface area (Å²) in [5.74, 6) is 2.94. The highest BCUT2D eigenvalue weighted by atomic mass is 127. The van der Waals surface area contributed by atoms with Crippen LogP contribution < -0.4 is 10.1 Å². The zero-order chi connectivity index (χ0) is 18.1. The van der Waals surface area contributed by atoms with Gasteiger partial charge in [0.05, 0.1) is 7.11 Å². The van der Waals surface area contributed by atoms with Crippen molar-refractivity contribution >= 4 is 41.7 Å². The van der Waals surface area contributed by atoms with Crippen LogP contribution >= 0.6 is 35.7 Å². The maximum Gasteiger partial charge on any atom is 0.193 e. The van der Waals surface area contributed by atoms with Crippen molar-refractivity contribution < 1.29 is 9.47 Å². The molecule has 1 aromatic carbocycles. The van der Waals surface area contributed by atoms with E-state index in [0.29, 0.717) is 0 Å². The molecule has 2 rings (SSSR count). The summed E-state index contributed by atoms with van der Waals surface area (Å²) in [7, 11) is 5.61. The summed E-state index contributed by atoms with van der Waals surface area (Å²) < 4.78 is 11.3. The molecule has 1 fully saturated rings. The van der Waals surface area contributed by atoms with Gasteiger partial charge in [0, 0.05) is 50.7 Å². The number of benzene rings is 1. The Labute approximate surface area is 179 Å². The maximum atomic E-state index is 5.56. The van der Waals surface area contributed by atoms with Gasteiger partial charge in [-0.15, -0.1) is 24.0 Å². The lowest BCUT2D eigenvalue weighted by molar-refractivity contribution is 0.0780. The Bertz CT molecular complexity index is 560. The van der Waals surface area contributed by atoms with Crippen molar-refractivity contribution in [2.75, 3.05) is 46.7 Å². The zero-order valence-electron chi connectivity index (χ0n) is 16.3. The van der Waals surface area contributed by atoms with Gasteiger partial charge in [0.25, 0.3) is 0 Å². The first-order valence-corrected chi connectivity index (χ1v) is 9.88. The SMILES string of the molecule is CCSC1(CNC(=NC)N(C)Cc2ccccc2OC)CCOCC1.I. The van der Waals surface area contributed by atoms with Gasteiger partial charge in [-0.2, -0.15) is 11.8 Å². The third-order valence-electron chi connectivity index (χ3n) is 4.60. The topological polar surface area (TPSA) is 46.1 Å². The average molecular weight is 493 g/mol. The first kappa shape index (κ1) is 23.4. The Balaban J connectivity index is 0.00000338. The number of halogens is 1. The molecule has 0 radical (unpaired) electrons. The average Bonchev–Trinajstić information content (AvgIpc) is 2.63. The van der Waals surface area contributed by atoms with Gasteiger partial charge in [0.15, 0.2) is 5.96 Å². The van der Waals surface area contributed by atoms with Crippen LogP contribution in [0.25, 0.3) is 0 Å². The maximum absolute atomic E-state index is 5.56. The van der Waals surface area contributed by atoms with Gasteiger partial charge in [-0.05, 0) is 24.7 Å². The smallest absolute Gasteiger partial charge is 0.193 e. The summed E-state index contributed by atoms with van der Waals surface area (Å²) in [6.45, 7) is 5.59. The molecule has 0 aliphatic carbocycles. The van der Waals surface area contributed by atoms with Crippen LogP contribution in [0.15, 0.2) is 29.3 Å². The normalized spacial score (nSPS) is 16.5. The van der Waals surface area contributed by atoms with Crippen LogP contribution in [0.5, 0.6) is 5.75 Å². The number of hydrogen-bond acceptors (Lipinski definition) is 4. The third kappa shape index (κ3) is 6.49. The minimum Gasteiger partial charge on any atom is -0.496 e. The van der Waals surface area contributed by atoms with E-state index in [2.05, 4.69) is 35.2 Å². The lowest BCUT2D eigenvalue weighted by Gasteiger charge is -2.37. The van der Waals surface area contributed by atoms with E-state index >= 15 is 0 Å². The molecule has 1 aromatic rings. The Morgan fingerprint density at radius 2 is 2.04 bits per heavy atom. The molecule has 0 saturated carbocycles. The molecule has 26 heavy (non-hydrogen) atoms. The van der Waals surface area contributed by atoms with Crippen molar-refractivity contribution in [2.45, 2.75) is 31.1 Å². The second-order valence-corrected chi connectivity index (χ2v) is 8.03. The number of guanidine groups is 1. The number of thioether (sulfide) groups is 1. The van der Waals surface area contributed by atoms with E-state index in [1.54, 1.807) is 7.11 Å². The monoisotopic (exact) mass is 493 g/mol. The van der Waals surface area contributed by atoms with E-state index in [9.17, 15) is 0 Å². The lowest BCUT2D eigenvalue weighted by atomic mass is 9.99. The minimum absolute atomic E-state index is 0. The molecule has 1 saturated heterocycles. The van der Waals surface area contributed by atoms with Gasteiger partial charge in [0.1, 0.15) is 5.75 Å². The van der Waals surface area contributed by atoms with Gasteiger partial charge in [-0.25, -0.2) is 0 Å². The second-order valence-electron chi connectivity index (χ2n) is 6.30. The number of rotatable bonds is 7. The van der Waals surface area contributed by atoms with Gasteiger partial charge in [-0.3, -0.25) is 4.99 Å². The van der Waals surface area contributed by atoms with Crippen LogP contribution in [0.4, 0.5) is 0 Å². The molecule has 1 heterocycles. The molecule has 5 nitrogen and oxygen atoms in total. The Morgan fingerprint density at radius 3 is 2.65 bits per heavy atom. The van der Waals surface area contributed by atoms with Gasteiger partial charge in [-0.1, -0.05) is 25.1 Å². The molecule has 148 valence electrons. The third-order valence-corrected chi connectivity index (χ3v) is 6.05. The highest BCUT2D eigenvalue weighted by Crippen LogP contribution is 2.34. The molecule has 0 amide bonds. The molecule has 0 bridgehead atoms. The van der Waals surface area contributed by atoms with Crippen molar-refractivity contribution in [1.82, 2.24) is 10.2 Å². The molecular weight excluding hydrogens is 461 g/mol. The van der Waals surface area contributed by atoms with Crippen molar-refractivity contribution in [2.24, 2.45) is 4.99 Å². The van der Waals surface area contributed by atoms with Gasteiger partial charge in [0.2, 0.25) is 0 Å². The predicted octanol–water partition coefficient (Wildman–Crippen LogP) is 3.62. The largest absolute Gasteiger partial charge is 0.496 e. The molecule has 0 aromatic heterocycles. The molecule has 7 heteroatoms. The number of aliphatic imine (C=N–C) groups is 1. The number of nitrogens with one attached hydrogen (secondary N) is 1. The molecule has 0 unspecified atom stereocenters. The molecule has 1 aliphatic rings. The zero-order valence-corrected chi connectivity index (χ0v) is 19.4. The number of hydrogen-bond donors (Lipinski definition) is 1. The van der Waals surface area contributed by atoms with E-state index in [1.807, 2.05) is 37.0 Å². The Kier molecular flexibility index (Phi) is 10.7. The Hall–Kier alpha value is -0.670. The minimum atomic E-state index is 0. The van der Waals surface area contributed by atoms with E-state index in [-0.39, 0.29) is 28.7 Å². The fourth-order valence-electron chi connectivity index (χ4n) is 3.21. The second kappa shape index (κ2) is 11.9. The number of ether oxygens (including phenoxy) is 2. The number of nitrogens with zero attached hydrogens (tertiary/aromatic N) is 2. The van der Waals surface area contributed by atoms with E-state index in [4.69, 9.17) is 9.47 Å². The van der Waals surface area contributed by atoms with Crippen LogP contribution in [0.3, 0.4) is 0 Å². The van der Waals surface area contributed by atoms with Crippen LogP contribution in [0.2, 0.25) is 0 Å². The molecule has 0 atom stereocenters. The van der Waals surface area contributed by atoms with E-state index in [0.717, 1.165) is 62.2 Å². The number of methoxy groups -OCH3 is 1. The standard InChI is InChI=1S/C19H31N3O2S.HI/c1-5-25-19(10-12-24-13-11-19)15-21-18(20-2)22(3)14-16-8-6-7-9-17(16)23-4;/h6-9H,5,10-15H2,1-4H3,(H,20,21);1H. The van der Waals surface area contributed by atoms with E-state index < -0.39 is 0 Å². The van der Waals surface area contributed by atoms with Crippen molar-refractivity contribution in [1.29, 1.82) is 0 Å². The quantitative estimate of drug-likeness (QED) is 0.357. The summed E-state index contributed by atoms with van der Waals surface area (Å²) in [5.41, 5.74) is 1.15. The van der Waals surface area contributed by atoms with Crippen molar-refractivity contribution in [3.63, 3.8) is 0 Å². The highest BCUT2D eigenvalue weighted by Gasteiger charge is 2.33. The van der Waals surface area contributed by atoms with Crippen LogP contribution in [-0.2, 0) is 11.3 Å². The number of para-hydroxylation sites is 1. The van der Waals surface area contributed by atoms with Crippen LogP contribution in [0, 0.1) is 0 Å². The first-order chi connectivity index (χ1) is 12.1. The Morgan fingerprint density at radius 1 is 1.35 bits per heavy atom. The fourth-order valence-corrected chi connectivity index (χ4v) is 4.45. The van der Waals surface area contributed by atoms with Crippen LogP contribution in [-0.4, -0.2) is 62.3 Å². The molecule has 1 aliphatic heterocycles. The summed E-state index contributed by atoms with van der Waals surface area (Å²) in [6.07, 6.45) is 2.18. The first-order valence-electron chi connectivity index (χ1n) is 8.89. The van der Waals surface area contributed by atoms with Crippen molar-refractivity contribution in [3.05, 3.63) is 29.8 Å². The lowest BCUT2D eigenvalue weighted by Crippen LogP contribution is -2.48. The summed E-state index contributed by atoms with van der Waals surface area (Å²) in [5, 5.41) is 3.58. The van der Waals surface area contributed by atoms with Gasteiger partial charge < -0.3 is 19.7 Å². The highest BCUT2D eigenvalue weighted by molar-refractivity contribution is 14.0. The summed E-state index contributed by atoms with van der Waals surface area (Å²) in [4.78, 5) is 6.61. The predicted molar refractivity (Wildman–Crippen MR) is 122 cm³/mol. The fraction of sp³-hybridized carbons (Fsp3) is 0.632. The molecular formula is C19H32IN3O2S. The van der Waals surface area contributed by atoms with Gasteiger partial charge >= 0.3 is 0 Å². The summed E-state index contributed by atoms with van der Waals surface area (Å²) >= 11 is 2.04. The van der Waals surface area contributed by atoms with Crippen molar-refractivity contribution in [3.8, 4) is 5.75 Å². The van der Waals surface area contributed by atoms with E-state index in [1.165, 1.54) is 0 Å².